The topological polar surface area (TPSA) is 75.7 Å². The molecular weight excluding hydrogens is 368 g/mol. The second-order valence-corrected chi connectivity index (χ2v) is 6.98. The van der Waals surface area contributed by atoms with E-state index < -0.39 is 0 Å². The van der Waals surface area contributed by atoms with E-state index in [0.29, 0.717) is 34.2 Å². The number of hydrogen-bond donors (Lipinski definition) is 1. The lowest BCUT2D eigenvalue weighted by Crippen LogP contribution is -2.12. The van der Waals surface area contributed by atoms with E-state index in [2.05, 4.69) is 0 Å². The van der Waals surface area contributed by atoms with Crippen LogP contribution in [0.5, 0.6) is 17.2 Å². The summed E-state index contributed by atoms with van der Waals surface area (Å²) in [6.45, 7) is 4.08. The highest BCUT2D eigenvalue weighted by Crippen LogP contribution is 2.39. The first kappa shape index (κ1) is 20.3. The van der Waals surface area contributed by atoms with Crippen LogP contribution < -0.4 is 19.9 Å². The lowest BCUT2D eigenvalue weighted by Gasteiger charge is -2.15. The molecule has 29 heavy (non-hydrogen) atoms. The van der Waals surface area contributed by atoms with E-state index in [4.69, 9.17) is 19.9 Å². The number of carbonyl (C=O) groups is 1. The average Bonchev–Trinajstić information content (AvgIpc) is 3.18. The Morgan fingerprint density at radius 3 is 1.97 bits per heavy atom. The Morgan fingerprint density at radius 2 is 1.48 bits per heavy atom. The third-order valence-corrected chi connectivity index (χ3v) is 4.81. The Labute approximate surface area is 170 Å². The molecule has 1 aromatic heterocycles. The van der Waals surface area contributed by atoms with Crippen molar-refractivity contribution < 1.29 is 19.0 Å². The fourth-order valence-electron chi connectivity index (χ4n) is 3.28. The molecule has 0 spiro atoms. The van der Waals surface area contributed by atoms with E-state index in [1.54, 1.807) is 12.1 Å². The molecule has 0 unspecified atom stereocenters. The molecule has 6 heteroatoms. The maximum Gasteiger partial charge on any atom is 0.209 e. The number of ketones is 1. The highest BCUT2D eigenvalue weighted by molar-refractivity contribution is 6.09. The maximum absolute atomic E-state index is 13.4. The number of ether oxygens (including phenoxy) is 3. The van der Waals surface area contributed by atoms with Crippen LogP contribution in [-0.2, 0) is 0 Å². The predicted molar refractivity (Wildman–Crippen MR) is 114 cm³/mol. The normalized spacial score (nSPS) is 10.8. The van der Waals surface area contributed by atoms with Gasteiger partial charge in [-0.25, -0.2) is 0 Å². The molecule has 3 aromatic rings. The summed E-state index contributed by atoms with van der Waals surface area (Å²) >= 11 is 0. The number of anilines is 1. The van der Waals surface area contributed by atoms with Crippen molar-refractivity contribution >= 4 is 11.5 Å². The summed E-state index contributed by atoms with van der Waals surface area (Å²) in [5, 5.41) is 0. The van der Waals surface area contributed by atoms with Crippen LogP contribution in [-0.4, -0.2) is 31.7 Å². The minimum atomic E-state index is -0.125. The number of methoxy groups -OCH3 is 3. The lowest BCUT2D eigenvalue weighted by molar-refractivity contribution is 0.102. The first-order valence-electron chi connectivity index (χ1n) is 9.32. The van der Waals surface area contributed by atoms with Crippen LogP contribution in [0.25, 0.3) is 11.1 Å². The Hall–Kier alpha value is -3.41. The maximum atomic E-state index is 13.4. The summed E-state index contributed by atoms with van der Waals surface area (Å²) in [5.41, 5.74) is 9.49. The second kappa shape index (κ2) is 8.31. The molecule has 0 fully saturated rings. The van der Waals surface area contributed by atoms with Crippen molar-refractivity contribution in [1.29, 1.82) is 0 Å². The smallest absolute Gasteiger partial charge is 0.209 e. The fourth-order valence-corrected chi connectivity index (χ4v) is 3.28. The van der Waals surface area contributed by atoms with Gasteiger partial charge in [0, 0.05) is 29.1 Å². The molecule has 6 nitrogen and oxygen atoms in total. The Balaban J connectivity index is 2.10. The van der Waals surface area contributed by atoms with Crippen LogP contribution in [0.1, 0.15) is 35.9 Å². The number of nitrogen functional groups attached to an aromatic ring is 1. The largest absolute Gasteiger partial charge is 0.493 e. The van der Waals surface area contributed by atoms with Crippen molar-refractivity contribution in [3.8, 4) is 28.4 Å². The number of nitrogens with two attached hydrogens (primary N) is 1. The molecule has 2 N–H and O–H groups in total. The van der Waals surface area contributed by atoms with Gasteiger partial charge in [0.2, 0.25) is 11.5 Å². The number of carbonyl (C=O) groups excluding carboxylic acids is 1. The summed E-state index contributed by atoms with van der Waals surface area (Å²) in [6.07, 6.45) is 1.99. The average molecular weight is 394 g/mol. The summed E-state index contributed by atoms with van der Waals surface area (Å²) in [7, 11) is 4.59. The fraction of sp³-hybridized carbons (Fsp3) is 0.261. The van der Waals surface area contributed by atoms with Crippen LogP contribution in [0.15, 0.2) is 48.7 Å². The monoisotopic (exact) mass is 394 g/mol. The molecule has 0 bridgehead atoms. The number of hydrogen-bond acceptors (Lipinski definition) is 5. The Bertz CT molecular complexity index is 995. The highest BCUT2D eigenvalue weighted by Gasteiger charge is 2.22. The van der Waals surface area contributed by atoms with Gasteiger partial charge in [-0.05, 0) is 49.7 Å². The molecule has 0 saturated heterocycles. The van der Waals surface area contributed by atoms with Crippen LogP contribution in [0.4, 0.5) is 5.69 Å². The molecule has 3 rings (SSSR count). The van der Waals surface area contributed by atoms with Crippen molar-refractivity contribution in [1.82, 2.24) is 4.57 Å². The summed E-state index contributed by atoms with van der Waals surface area (Å²) in [6, 6.07) is 12.9. The first-order valence-corrected chi connectivity index (χ1v) is 9.32. The lowest BCUT2D eigenvalue weighted by atomic mass is 10.0. The molecule has 0 aliphatic heterocycles. The van der Waals surface area contributed by atoms with Gasteiger partial charge < -0.3 is 24.5 Å². The van der Waals surface area contributed by atoms with E-state index in [0.717, 1.165) is 11.1 Å². The van der Waals surface area contributed by atoms with Gasteiger partial charge >= 0.3 is 0 Å². The molecule has 0 radical (unpaired) electrons. The van der Waals surface area contributed by atoms with Gasteiger partial charge in [0.25, 0.3) is 0 Å². The van der Waals surface area contributed by atoms with Gasteiger partial charge in [-0.3, -0.25) is 4.79 Å². The van der Waals surface area contributed by atoms with Crippen molar-refractivity contribution in [2.75, 3.05) is 27.1 Å². The van der Waals surface area contributed by atoms with E-state index in [1.807, 2.05) is 54.9 Å². The number of aromatic nitrogens is 1. The third kappa shape index (κ3) is 3.92. The molecular formula is C23H26N2O4. The minimum absolute atomic E-state index is 0.110. The van der Waals surface area contributed by atoms with E-state index >= 15 is 0 Å². The quantitative estimate of drug-likeness (QED) is 0.469. The molecule has 2 aromatic carbocycles. The zero-order chi connectivity index (χ0) is 21.1. The molecule has 0 amide bonds. The summed E-state index contributed by atoms with van der Waals surface area (Å²) in [5.74, 6) is 1.21. The van der Waals surface area contributed by atoms with Gasteiger partial charge in [0.05, 0.1) is 27.0 Å². The van der Waals surface area contributed by atoms with Crippen LogP contribution in [0.2, 0.25) is 0 Å². The molecule has 1 heterocycles. The second-order valence-electron chi connectivity index (χ2n) is 6.98. The van der Waals surface area contributed by atoms with Crippen molar-refractivity contribution in [2.45, 2.75) is 19.9 Å². The molecule has 0 aliphatic rings. The number of rotatable bonds is 7. The van der Waals surface area contributed by atoms with Gasteiger partial charge in [-0.1, -0.05) is 12.1 Å². The Morgan fingerprint density at radius 1 is 0.897 bits per heavy atom. The summed E-state index contributed by atoms with van der Waals surface area (Å²) < 4.78 is 18.1. The van der Waals surface area contributed by atoms with E-state index in [1.165, 1.54) is 21.3 Å². The molecule has 0 atom stereocenters. The van der Waals surface area contributed by atoms with Crippen molar-refractivity contribution in [2.24, 2.45) is 0 Å². The number of nitrogens with zero attached hydrogens (tertiary/aromatic N) is 1. The van der Waals surface area contributed by atoms with Crippen molar-refractivity contribution in [3.63, 3.8) is 0 Å². The van der Waals surface area contributed by atoms with Gasteiger partial charge in [-0.2, -0.15) is 0 Å². The van der Waals surface area contributed by atoms with Crippen LogP contribution in [0.3, 0.4) is 0 Å². The standard InChI is InChI=1S/C23H26N2O4/c1-14(2)25-13-17(15-6-8-18(24)9-7-15)10-19(25)22(26)16-11-20(27-3)23(29-5)21(12-16)28-4/h6-14H,24H2,1-5H3. The summed E-state index contributed by atoms with van der Waals surface area (Å²) in [4.78, 5) is 13.4. The van der Waals surface area contributed by atoms with E-state index in [9.17, 15) is 4.79 Å². The number of benzene rings is 2. The molecule has 0 saturated carbocycles. The van der Waals surface area contributed by atoms with Crippen LogP contribution in [0, 0.1) is 0 Å². The molecule has 0 aliphatic carbocycles. The zero-order valence-electron chi connectivity index (χ0n) is 17.4. The Kier molecular flexibility index (Phi) is 5.82. The predicted octanol–water partition coefficient (Wildman–Crippen LogP) is 4.58. The first-order chi connectivity index (χ1) is 13.9. The van der Waals surface area contributed by atoms with Gasteiger partial charge in [-0.15, -0.1) is 0 Å². The van der Waals surface area contributed by atoms with Crippen molar-refractivity contribution in [3.05, 3.63) is 59.9 Å². The zero-order valence-corrected chi connectivity index (χ0v) is 17.4. The highest BCUT2D eigenvalue weighted by atomic mass is 16.5. The molecule has 152 valence electrons. The van der Waals surface area contributed by atoms with Gasteiger partial charge in [0.15, 0.2) is 11.5 Å². The van der Waals surface area contributed by atoms with E-state index in [-0.39, 0.29) is 11.8 Å². The minimum Gasteiger partial charge on any atom is -0.493 e. The van der Waals surface area contributed by atoms with Gasteiger partial charge in [0.1, 0.15) is 0 Å². The SMILES string of the molecule is COc1cc(C(=O)c2cc(-c3ccc(N)cc3)cn2C(C)C)cc(OC)c1OC. The van der Waals surface area contributed by atoms with Crippen LogP contribution >= 0.6 is 0 Å². The third-order valence-electron chi connectivity index (χ3n) is 4.81.